The molecule has 0 radical (unpaired) electrons. The number of hydrogen-bond acceptors (Lipinski definition) is 3. The second-order valence-electron chi connectivity index (χ2n) is 5.38. The maximum absolute atomic E-state index is 6.11. The fourth-order valence-corrected chi connectivity index (χ4v) is 2.26. The molecule has 0 atom stereocenters. The first-order chi connectivity index (χ1) is 8.90. The number of hydrogen-bond donors (Lipinski definition) is 0. The molecule has 2 rings (SSSR count). The molecule has 100 valence electrons. The highest BCUT2D eigenvalue weighted by Crippen LogP contribution is 2.26. The lowest BCUT2D eigenvalue weighted by Crippen LogP contribution is -2.14. The summed E-state index contributed by atoms with van der Waals surface area (Å²) in [7, 11) is 0. The molecule has 0 aliphatic rings. The van der Waals surface area contributed by atoms with Crippen molar-refractivity contribution in [3.63, 3.8) is 0 Å². The zero-order chi connectivity index (χ0) is 14.0. The van der Waals surface area contributed by atoms with E-state index in [9.17, 15) is 0 Å². The second kappa shape index (κ2) is 5.51. The largest absolute Gasteiger partial charge is 0.232 e. The van der Waals surface area contributed by atoms with Gasteiger partial charge in [0.05, 0.1) is 5.69 Å². The first kappa shape index (κ1) is 14.4. The summed E-state index contributed by atoms with van der Waals surface area (Å²) in [5.41, 5.74) is 1.91. The Labute approximate surface area is 123 Å². The number of nitrogens with zero attached hydrogens (tertiary/aromatic N) is 2. The molecule has 1 aromatic heterocycles. The van der Waals surface area contributed by atoms with Crippen LogP contribution < -0.4 is 0 Å². The molecular formula is C15H17ClN2S. The molecular weight excluding hydrogens is 276 g/mol. The Hall–Kier alpha value is -1.06. The number of thioether (sulfide) groups is 1. The van der Waals surface area contributed by atoms with E-state index < -0.39 is 0 Å². The molecule has 19 heavy (non-hydrogen) atoms. The summed E-state index contributed by atoms with van der Waals surface area (Å²) >= 11 is 7.83. The molecule has 1 aromatic carbocycles. The molecule has 0 saturated carbocycles. The van der Waals surface area contributed by atoms with Crippen molar-refractivity contribution in [2.24, 2.45) is 0 Å². The molecule has 0 unspecified atom stereocenters. The van der Waals surface area contributed by atoms with Gasteiger partial charge in [-0.15, -0.1) is 11.8 Å². The summed E-state index contributed by atoms with van der Waals surface area (Å²) in [4.78, 5) is 10.2. The SMILES string of the molecule is CSc1ccc(-c2nc(Cl)cc(C(C)(C)C)n2)cc1. The van der Waals surface area contributed by atoms with Crippen molar-refractivity contribution >= 4 is 23.4 Å². The maximum Gasteiger partial charge on any atom is 0.161 e. The minimum atomic E-state index is -0.0411. The van der Waals surface area contributed by atoms with Crippen LogP contribution in [0.2, 0.25) is 5.15 Å². The first-order valence-electron chi connectivity index (χ1n) is 6.09. The van der Waals surface area contributed by atoms with Gasteiger partial charge in [-0.3, -0.25) is 0 Å². The Bertz CT molecular complexity index is 574. The summed E-state index contributed by atoms with van der Waals surface area (Å²) in [6.45, 7) is 6.35. The first-order valence-corrected chi connectivity index (χ1v) is 7.70. The molecule has 4 heteroatoms. The molecule has 0 aliphatic heterocycles. The number of benzene rings is 1. The van der Waals surface area contributed by atoms with Crippen LogP contribution >= 0.6 is 23.4 Å². The lowest BCUT2D eigenvalue weighted by molar-refractivity contribution is 0.568. The smallest absolute Gasteiger partial charge is 0.161 e. The average molecular weight is 293 g/mol. The van der Waals surface area contributed by atoms with Crippen LogP contribution in [0.3, 0.4) is 0 Å². The van der Waals surface area contributed by atoms with E-state index in [0.29, 0.717) is 11.0 Å². The Morgan fingerprint density at radius 3 is 2.21 bits per heavy atom. The Kier molecular flexibility index (Phi) is 4.16. The van der Waals surface area contributed by atoms with Crippen LogP contribution in [-0.2, 0) is 5.41 Å². The molecule has 2 nitrogen and oxygen atoms in total. The third-order valence-electron chi connectivity index (χ3n) is 2.81. The molecule has 0 amide bonds. The third kappa shape index (κ3) is 3.48. The average Bonchev–Trinajstić information content (AvgIpc) is 2.37. The van der Waals surface area contributed by atoms with Gasteiger partial charge in [-0.1, -0.05) is 44.5 Å². The van der Waals surface area contributed by atoms with Crippen LogP contribution in [0.4, 0.5) is 0 Å². The number of aromatic nitrogens is 2. The van der Waals surface area contributed by atoms with Gasteiger partial charge in [-0.05, 0) is 24.5 Å². The zero-order valence-electron chi connectivity index (χ0n) is 11.6. The Balaban J connectivity index is 2.46. The highest BCUT2D eigenvalue weighted by atomic mass is 35.5. The molecule has 0 aliphatic carbocycles. The van der Waals surface area contributed by atoms with Crippen LogP contribution in [0.25, 0.3) is 11.4 Å². The standard InChI is InChI=1S/C15H17ClN2S/c1-15(2,3)12-9-13(16)18-14(17-12)10-5-7-11(19-4)8-6-10/h5-9H,1-4H3. The van der Waals surface area contributed by atoms with Gasteiger partial charge in [0.1, 0.15) is 5.15 Å². The number of rotatable bonds is 2. The summed E-state index contributed by atoms with van der Waals surface area (Å²) in [5.74, 6) is 0.685. The van der Waals surface area contributed by atoms with Crippen LogP contribution in [0.1, 0.15) is 26.5 Å². The summed E-state index contributed by atoms with van der Waals surface area (Å²) in [6.07, 6.45) is 2.06. The van der Waals surface area contributed by atoms with E-state index in [1.807, 2.05) is 18.2 Å². The van der Waals surface area contributed by atoms with Crippen molar-refractivity contribution in [1.29, 1.82) is 0 Å². The summed E-state index contributed by atoms with van der Waals surface area (Å²) in [5, 5.41) is 0.490. The maximum atomic E-state index is 6.11. The Morgan fingerprint density at radius 1 is 1.05 bits per heavy atom. The molecule has 0 fully saturated rings. The quantitative estimate of drug-likeness (QED) is 0.586. The van der Waals surface area contributed by atoms with Gasteiger partial charge in [0, 0.05) is 15.9 Å². The highest BCUT2D eigenvalue weighted by Gasteiger charge is 2.18. The fraction of sp³-hybridized carbons (Fsp3) is 0.333. The minimum absolute atomic E-state index is 0.0411. The zero-order valence-corrected chi connectivity index (χ0v) is 13.1. The van der Waals surface area contributed by atoms with Crippen LogP contribution in [-0.4, -0.2) is 16.2 Å². The molecule has 1 heterocycles. The summed E-state index contributed by atoms with van der Waals surface area (Å²) in [6, 6.07) is 10.0. The van der Waals surface area contributed by atoms with E-state index in [1.54, 1.807) is 11.8 Å². The van der Waals surface area contributed by atoms with Crippen molar-refractivity contribution < 1.29 is 0 Å². The minimum Gasteiger partial charge on any atom is -0.232 e. The van der Waals surface area contributed by atoms with Crippen molar-refractivity contribution in [1.82, 2.24) is 9.97 Å². The van der Waals surface area contributed by atoms with Crippen LogP contribution in [0.5, 0.6) is 0 Å². The van der Waals surface area contributed by atoms with E-state index in [2.05, 4.69) is 49.1 Å². The van der Waals surface area contributed by atoms with Crippen molar-refractivity contribution in [3.8, 4) is 11.4 Å². The predicted molar refractivity (Wildman–Crippen MR) is 83.0 cm³/mol. The molecule has 0 saturated heterocycles. The molecule has 0 N–H and O–H groups in total. The van der Waals surface area contributed by atoms with Gasteiger partial charge in [-0.25, -0.2) is 9.97 Å². The van der Waals surface area contributed by atoms with Gasteiger partial charge in [-0.2, -0.15) is 0 Å². The lowest BCUT2D eigenvalue weighted by atomic mass is 9.92. The van der Waals surface area contributed by atoms with Gasteiger partial charge >= 0.3 is 0 Å². The second-order valence-corrected chi connectivity index (χ2v) is 6.64. The highest BCUT2D eigenvalue weighted by molar-refractivity contribution is 7.98. The molecule has 0 bridgehead atoms. The Morgan fingerprint density at radius 2 is 1.68 bits per heavy atom. The van der Waals surface area contributed by atoms with Gasteiger partial charge in [0.15, 0.2) is 5.82 Å². The van der Waals surface area contributed by atoms with Gasteiger partial charge in [0.25, 0.3) is 0 Å². The van der Waals surface area contributed by atoms with E-state index >= 15 is 0 Å². The topological polar surface area (TPSA) is 25.8 Å². The normalized spacial score (nSPS) is 11.6. The lowest BCUT2D eigenvalue weighted by Gasteiger charge is -2.18. The van der Waals surface area contributed by atoms with E-state index in [1.165, 1.54) is 4.90 Å². The number of halogens is 1. The fourth-order valence-electron chi connectivity index (χ4n) is 1.67. The monoisotopic (exact) mass is 292 g/mol. The van der Waals surface area contributed by atoms with Crippen LogP contribution in [0.15, 0.2) is 35.2 Å². The molecule has 0 spiro atoms. The van der Waals surface area contributed by atoms with Gasteiger partial charge in [0.2, 0.25) is 0 Å². The van der Waals surface area contributed by atoms with E-state index in [4.69, 9.17) is 11.6 Å². The van der Waals surface area contributed by atoms with Crippen molar-refractivity contribution in [2.45, 2.75) is 31.1 Å². The summed E-state index contributed by atoms with van der Waals surface area (Å²) < 4.78 is 0. The van der Waals surface area contributed by atoms with E-state index in [0.717, 1.165) is 11.3 Å². The predicted octanol–water partition coefficient (Wildman–Crippen LogP) is 4.82. The van der Waals surface area contributed by atoms with Crippen molar-refractivity contribution in [2.75, 3.05) is 6.26 Å². The third-order valence-corrected chi connectivity index (χ3v) is 3.75. The van der Waals surface area contributed by atoms with E-state index in [-0.39, 0.29) is 5.41 Å². The van der Waals surface area contributed by atoms with Gasteiger partial charge < -0.3 is 0 Å². The van der Waals surface area contributed by atoms with Crippen LogP contribution in [0, 0.1) is 0 Å². The van der Waals surface area contributed by atoms with Crippen molar-refractivity contribution in [3.05, 3.63) is 41.2 Å². The molecule has 2 aromatic rings.